The normalized spacial score (nSPS) is 10.2. The third-order valence-corrected chi connectivity index (χ3v) is 3.37. The predicted molar refractivity (Wildman–Crippen MR) is 90.6 cm³/mol. The lowest BCUT2D eigenvalue weighted by Crippen LogP contribution is -2.42. The molecule has 2 rings (SSSR count). The number of esters is 1. The first-order chi connectivity index (χ1) is 12.5. The Morgan fingerprint density at radius 1 is 1.27 bits per heavy atom. The molecule has 0 aliphatic heterocycles. The van der Waals surface area contributed by atoms with Crippen LogP contribution in [0.15, 0.2) is 34.9 Å². The molecule has 10 heteroatoms. The van der Waals surface area contributed by atoms with E-state index in [4.69, 9.17) is 25.6 Å². The molecule has 0 saturated heterocycles. The van der Waals surface area contributed by atoms with Crippen LogP contribution in [-0.4, -0.2) is 49.9 Å². The summed E-state index contributed by atoms with van der Waals surface area (Å²) in [6.07, 6.45) is 0. The first kappa shape index (κ1) is 19.4. The van der Waals surface area contributed by atoms with E-state index in [0.717, 1.165) is 0 Å². The van der Waals surface area contributed by atoms with Gasteiger partial charge in [-0.05, 0) is 12.1 Å². The summed E-state index contributed by atoms with van der Waals surface area (Å²) in [7, 11) is 1.48. The van der Waals surface area contributed by atoms with Crippen LogP contribution in [0.4, 0.5) is 4.79 Å². The highest BCUT2D eigenvalue weighted by Gasteiger charge is 2.18. The first-order valence-corrected chi connectivity index (χ1v) is 7.84. The molecule has 0 aliphatic rings. The van der Waals surface area contributed by atoms with E-state index in [2.05, 4.69) is 10.5 Å². The molecule has 0 unspecified atom stereocenters. The van der Waals surface area contributed by atoms with Crippen molar-refractivity contribution in [3.8, 4) is 11.3 Å². The van der Waals surface area contributed by atoms with Crippen molar-refractivity contribution in [2.24, 2.45) is 0 Å². The molecule has 0 spiro atoms. The lowest BCUT2D eigenvalue weighted by atomic mass is 10.1. The van der Waals surface area contributed by atoms with Crippen LogP contribution in [0.25, 0.3) is 11.3 Å². The molecule has 0 radical (unpaired) electrons. The Morgan fingerprint density at radius 2 is 2.04 bits per heavy atom. The smallest absolute Gasteiger partial charge is 0.361 e. The van der Waals surface area contributed by atoms with Crippen molar-refractivity contribution in [3.05, 3.63) is 41.0 Å². The van der Waals surface area contributed by atoms with Gasteiger partial charge in [0.25, 0.3) is 5.91 Å². The van der Waals surface area contributed by atoms with E-state index in [1.807, 2.05) is 5.32 Å². The molecule has 1 aromatic carbocycles. The lowest BCUT2D eigenvalue weighted by Gasteiger charge is -2.06. The molecule has 138 valence electrons. The van der Waals surface area contributed by atoms with Crippen molar-refractivity contribution in [3.63, 3.8) is 0 Å². The first-order valence-electron chi connectivity index (χ1n) is 7.46. The Hall–Kier alpha value is -2.91. The summed E-state index contributed by atoms with van der Waals surface area (Å²) in [5, 5.41) is 8.41. The molecule has 2 aromatic rings. The highest BCUT2D eigenvalue weighted by atomic mass is 35.5. The van der Waals surface area contributed by atoms with Crippen LogP contribution in [-0.2, 0) is 14.3 Å². The van der Waals surface area contributed by atoms with Crippen LogP contribution in [0.1, 0.15) is 10.5 Å². The number of carbonyl (C=O) groups excluding carboxylic acids is 3. The Balaban J connectivity index is 1.84. The predicted octanol–water partition coefficient (Wildman–Crippen LogP) is 1.62. The molecule has 0 atom stereocenters. The molecule has 26 heavy (non-hydrogen) atoms. The maximum atomic E-state index is 11.9. The molecule has 2 N–H and O–H groups in total. The zero-order chi connectivity index (χ0) is 18.9. The average Bonchev–Trinajstić information content (AvgIpc) is 3.10. The topological polar surface area (TPSA) is 120 Å². The number of imide groups is 1. The number of carbonyl (C=O) groups is 3. The molecule has 0 bridgehead atoms. The molecule has 1 heterocycles. The molecule has 0 aliphatic carbocycles. The van der Waals surface area contributed by atoms with Gasteiger partial charge < -0.3 is 19.3 Å². The van der Waals surface area contributed by atoms with Gasteiger partial charge in [0, 0.05) is 25.3 Å². The third-order valence-electron chi connectivity index (χ3n) is 3.04. The van der Waals surface area contributed by atoms with Gasteiger partial charge in [-0.3, -0.25) is 10.1 Å². The summed E-state index contributed by atoms with van der Waals surface area (Å²) < 4.78 is 14.6. The van der Waals surface area contributed by atoms with Gasteiger partial charge >= 0.3 is 12.0 Å². The minimum Gasteiger partial charge on any atom is -0.451 e. The van der Waals surface area contributed by atoms with Crippen LogP contribution in [0.5, 0.6) is 0 Å². The highest BCUT2D eigenvalue weighted by Crippen LogP contribution is 2.27. The average molecular weight is 382 g/mol. The van der Waals surface area contributed by atoms with Gasteiger partial charge in [0.05, 0.1) is 11.6 Å². The molecular formula is C16H16ClN3O6. The van der Waals surface area contributed by atoms with E-state index in [-0.39, 0.29) is 18.0 Å². The van der Waals surface area contributed by atoms with E-state index >= 15 is 0 Å². The number of amides is 3. The highest BCUT2D eigenvalue weighted by molar-refractivity contribution is 6.33. The molecule has 9 nitrogen and oxygen atoms in total. The van der Waals surface area contributed by atoms with Crippen molar-refractivity contribution in [2.75, 3.05) is 26.9 Å². The van der Waals surface area contributed by atoms with Gasteiger partial charge in [0.15, 0.2) is 18.1 Å². The fourth-order valence-electron chi connectivity index (χ4n) is 1.84. The van der Waals surface area contributed by atoms with Crippen LogP contribution >= 0.6 is 11.6 Å². The number of hydrogen-bond acceptors (Lipinski definition) is 7. The molecule has 1 aromatic heterocycles. The van der Waals surface area contributed by atoms with Gasteiger partial charge in [0.1, 0.15) is 0 Å². The van der Waals surface area contributed by atoms with Crippen LogP contribution in [0, 0.1) is 0 Å². The number of ether oxygens (including phenoxy) is 2. The number of nitrogens with zero attached hydrogens (tertiary/aromatic N) is 1. The number of aromatic nitrogens is 1. The number of rotatable bonds is 7. The van der Waals surface area contributed by atoms with Gasteiger partial charge in [-0.25, -0.2) is 9.59 Å². The number of hydrogen-bond donors (Lipinski definition) is 2. The van der Waals surface area contributed by atoms with Crippen LogP contribution < -0.4 is 10.6 Å². The molecule has 3 amide bonds. The molecular weight excluding hydrogens is 366 g/mol. The zero-order valence-corrected chi connectivity index (χ0v) is 14.5. The minimum absolute atomic E-state index is 0.128. The Kier molecular flexibility index (Phi) is 7.12. The summed E-state index contributed by atoms with van der Waals surface area (Å²) in [6, 6.07) is 7.50. The summed E-state index contributed by atoms with van der Waals surface area (Å²) >= 11 is 6.04. The SMILES string of the molecule is COCCNC(=O)NC(=O)COC(=O)c1cc(-c2ccccc2Cl)on1. The van der Waals surface area contributed by atoms with Gasteiger partial charge in [-0.1, -0.05) is 28.9 Å². The number of benzene rings is 1. The van der Waals surface area contributed by atoms with Gasteiger partial charge in [-0.15, -0.1) is 0 Å². The van der Waals surface area contributed by atoms with E-state index in [9.17, 15) is 14.4 Å². The Bertz CT molecular complexity index is 792. The fraction of sp³-hybridized carbons (Fsp3) is 0.250. The number of methoxy groups -OCH3 is 1. The number of halogens is 1. The second-order valence-corrected chi connectivity index (χ2v) is 5.34. The van der Waals surface area contributed by atoms with Crippen molar-refractivity contribution in [1.29, 1.82) is 0 Å². The van der Waals surface area contributed by atoms with E-state index < -0.39 is 24.5 Å². The molecule has 0 saturated carbocycles. The second-order valence-electron chi connectivity index (χ2n) is 4.93. The van der Waals surface area contributed by atoms with E-state index in [1.54, 1.807) is 24.3 Å². The van der Waals surface area contributed by atoms with Crippen molar-refractivity contribution in [2.45, 2.75) is 0 Å². The number of urea groups is 1. The number of nitrogens with one attached hydrogen (secondary N) is 2. The maximum Gasteiger partial charge on any atom is 0.361 e. The lowest BCUT2D eigenvalue weighted by molar-refractivity contribution is -0.123. The summed E-state index contributed by atoms with van der Waals surface area (Å²) in [5.74, 6) is -1.38. The van der Waals surface area contributed by atoms with Crippen LogP contribution in [0.3, 0.4) is 0 Å². The minimum atomic E-state index is -0.873. The van der Waals surface area contributed by atoms with Crippen molar-refractivity contribution in [1.82, 2.24) is 15.8 Å². The Labute approximate surface area is 153 Å². The fourth-order valence-corrected chi connectivity index (χ4v) is 2.07. The largest absolute Gasteiger partial charge is 0.451 e. The summed E-state index contributed by atoms with van der Waals surface area (Å²) in [6.45, 7) is -0.111. The third kappa shape index (κ3) is 5.57. The summed E-state index contributed by atoms with van der Waals surface area (Å²) in [5.41, 5.74) is 0.434. The monoisotopic (exact) mass is 381 g/mol. The Morgan fingerprint density at radius 3 is 2.77 bits per heavy atom. The summed E-state index contributed by atoms with van der Waals surface area (Å²) in [4.78, 5) is 34.8. The zero-order valence-electron chi connectivity index (χ0n) is 13.8. The van der Waals surface area contributed by atoms with Crippen LogP contribution in [0.2, 0.25) is 5.02 Å². The standard InChI is InChI=1S/C16H16ClN3O6/c1-24-7-6-18-16(23)19-14(21)9-25-15(22)12-8-13(26-20-12)10-4-2-3-5-11(10)17/h2-5,8H,6-7,9H2,1H3,(H2,18,19,21,23). The second kappa shape index (κ2) is 9.54. The van der Waals surface area contributed by atoms with Gasteiger partial charge in [0.2, 0.25) is 0 Å². The quantitative estimate of drug-likeness (QED) is 0.552. The maximum absolute atomic E-state index is 11.9. The van der Waals surface area contributed by atoms with Crippen molar-refractivity contribution < 1.29 is 28.4 Å². The van der Waals surface area contributed by atoms with E-state index in [0.29, 0.717) is 17.2 Å². The molecule has 0 fully saturated rings. The van der Waals surface area contributed by atoms with E-state index in [1.165, 1.54) is 13.2 Å². The van der Waals surface area contributed by atoms with Crippen molar-refractivity contribution >= 4 is 29.5 Å². The van der Waals surface area contributed by atoms with Gasteiger partial charge in [-0.2, -0.15) is 0 Å².